The average molecular weight is 536 g/mol. The van der Waals surface area contributed by atoms with Crippen LogP contribution in [0.3, 0.4) is 0 Å². The van der Waals surface area contributed by atoms with Crippen molar-refractivity contribution in [3.63, 3.8) is 0 Å². The molecule has 3 fully saturated rings. The number of hydrogen-bond donors (Lipinski definition) is 9. The Labute approximate surface area is 199 Å². The summed E-state index contributed by atoms with van der Waals surface area (Å²) in [6.45, 7) is -1.48. The van der Waals surface area contributed by atoms with Gasteiger partial charge < -0.3 is 85.7 Å². The van der Waals surface area contributed by atoms with Gasteiger partial charge in [-0.05, 0) is 0 Å². The highest BCUT2D eigenvalue weighted by molar-refractivity contribution is 7.43. The summed E-state index contributed by atoms with van der Waals surface area (Å²) < 4.78 is 37.4. The van der Waals surface area contributed by atoms with E-state index < -0.39 is 107 Å². The minimum absolute atomic E-state index is 0.282. The minimum Gasteiger partial charge on any atom is -0.790 e. The summed E-state index contributed by atoms with van der Waals surface area (Å²) in [5, 5.41) is 61.0. The van der Waals surface area contributed by atoms with E-state index in [0.717, 1.165) is 0 Å². The number of aliphatic hydroxyl groups is 6. The molecule has 0 unspecified atom stereocenters. The van der Waals surface area contributed by atoms with Crippen molar-refractivity contribution in [1.82, 2.24) is 0 Å². The molecule has 14 atom stereocenters. The van der Waals surface area contributed by atoms with Crippen LogP contribution in [-0.4, -0.2) is 129 Å². The number of phosphoric ester groups is 1. The number of phosphoric acid groups is 1. The Morgan fingerprint density at radius 3 is 1.97 bits per heavy atom. The Balaban J connectivity index is 1.75. The highest BCUT2D eigenvalue weighted by Gasteiger charge is 2.54. The highest BCUT2D eigenvalue weighted by atomic mass is 31.2. The summed E-state index contributed by atoms with van der Waals surface area (Å²) >= 11 is 0. The Morgan fingerprint density at radius 1 is 0.800 bits per heavy atom. The maximum absolute atomic E-state index is 10.8. The van der Waals surface area contributed by atoms with E-state index in [1.807, 2.05) is 0 Å². The molecule has 0 radical (unpaired) electrons. The zero-order valence-corrected chi connectivity index (χ0v) is 19.6. The first-order valence-corrected chi connectivity index (χ1v) is 12.5. The lowest BCUT2D eigenvalue weighted by Gasteiger charge is -2.44. The zero-order chi connectivity index (χ0) is 26.2. The summed E-state index contributed by atoms with van der Waals surface area (Å²) in [7, 11) is -5.37. The van der Waals surface area contributed by atoms with Gasteiger partial charge >= 0.3 is 0 Å². The van der Waals surface area contributed by atoms with Crippen molar-refractivity contribution in [2.24, 2.45) is 0 Å². The zero-order valence-electron chi connectivity index (χ0n) is 18.7. The second kappa shape index (κ2) is 11.5. The number of ether oxygens (including phenoxy) is 4. The van der Waals surface area contributed by atoms with Crippen molar-refractivity contribution in [3.8, 4) is 0 Å². The molecule has 17 nitrogen and oxygen atoms in total. The van der Waals surface area contributed by atoms with Crippen LogP contribution in [0.15, 0.2) is 0 Å². The lowest BCUT2D eigenvalue weighted by molar-refractivity contribution is -0.533. The molecule has 2 aliphatic heterocycles. The molecule has 0 spiro atoms. The minimum atomic E-state index is -5.37. The van der Waals surface area contributed by atoms with Gasteiger partial charge in [-0.15, -0.1) is 0 Å². The molecular formula is C17H35N3O14P+. The lowest BCUT2D eigenvalue weighted by atomic mass is 9.84. The van der Waals surface area contributed by atoms with Crippen molar-refractivity contribution in [3.05, 3.63) is 0 Å². The van der Waals surface area contributed by atoms with Gasteiger partial charge in [0.15, 0.2) is 12.3 Å². The van der Waals surface area contributed by atoms with Gasteiger partial charge in [-0.2, -0.15) is 0 Å². The number of hydrogen-bond acceptors (Lipinski definition) is 14. The van der Waals surface area contributed by atoms with Gasteiger partial charge in [0, 0.05) is 0 Å². The van der Waals surface area contributed by atoms with Crippen LogP contribution in [0, 0.1) is 0 Å². The Morgan fingerprint density at radius 2 is 1.37 bits per heavy atom. The lowest BCUT2D eigenvalue weighted by Crippen LogP contribution is -2.83. The predicted molar refractivity (Wildman–Crippen MR) is 102 cm³/mol. The molecule has 0 bridgehead atoms. The van der Waals surface area contributed by atoms with Crippen molar-refractivity contribution < 1.29 is 85.7 Å². The average Bonchev–Trinajstić information content (AvgIpc) is 3.05. The molecule has 2 heterocycles. The third-order valence-electron chi connectivity index (χ3n) is 6.52. The SMILES string of the molecule is [NH3+][C@H]1[C@@H](O[C@H]2[C@H](O[C@@H]3O[C@H](COP(=O)([O-])[O-])[C@@H](O)[C@H]3O)[C@@H](O)[C@H]([NH3+])C[C@@H]2[NH3+])O[C@H](CO)[C@@H](O)[C@@H]1O. The molecular weight excluding hydrogens is 501 g/mol. The Hall–Kier alpha value is -0.410. The van der Waals surface area contributed by atoms with E-state index in [1.54, 1.807) is 0 Å². The van der Waals surface area contributed by atoms with Gasteiger partial charge in [0.1, 0.15) is 67.0 Å². The second-order valence-corrected chi connectivity index (χ2v) is 10.2. The van der Waals surface area contributed by atoms with Crippen LogP contribution in [-0.2, 0) is 28.0 Å². The van der Waals surface area contributed by atoms with Crippen molar-refractivity contribution in [2.75, 3.05) is 13.2 Å². The quantitative estimate of drug-likeness (QED) is 0.130. The van der Waals surface area contributed by atoms with Crippen LogP contribution in [0.5, 0.6) is 0 Å². The maximum atomic E-state index is 10.8. The van der Waals surface area contributed by atoms with Gasteiger partial charge in [0.2, 0.25) is 6.29 Å². The number of aliphatic hydroxyl groups excluding tert-OH is 6. The summed E-state index contributed by atoms with van der Waals surface area (Å²) in [4.78, 5) is 21.5. The van der Waals surface area contributed by atoms with Crippen LogP contribution in [0.1, 0.15) is 6.42 Å². The van der Waals surface area contributed by atoms with Crippen LogP contribution < -0.4 is 27.0 Å². The Kier molecular flexibility index (Phi) is 9.62. The molecule has 0 aromatic heterocycles. The first-order chi connectivity index (χ1) is 16.2. The fraction of sp³-hybridized carbons (Fsp3) is 1.00. The molecule has 1 aliphatic carbocycles. The van der Waals surface area contributed by atoms with E-state index in [4.69, 9.17) is 18.9 Å². The molecule has 18 heteroatoms. The van der Waals surface area contributed by atoms with E-state index in [2.05, 4.69) is 21.7 Å². The normalized spacial score (nSPS) is 49.3. The first-order valence-electron chi connectivity index (χ1n) is 11.0. The maximum Gasteiger partial charge on any atom is 0.214 e. The summed E-state index contributed by atoms with van der Waals surface area (Å²) in [6.07, 6.45) is -14.9. The van der Waals surface area contributed by atoms with Crippen molar-refractivity contribution in [1.29, 1.82) is 0 Å². The molecule has 35 heavy (non-hydrogen) atoms. The summed E-state index contributed by atoms with van der Waals surface area (Å²) in [5.74, 6) is 0. The third-order valence-corrected chi connectivity index (χ3v) is 6.98. The molecule has 0 aromatic carbocycles. The van der Waals surface area contributed by atoms with Crippen molar-refractivity contribution >= 4 is 7.82 Å². The number of quaternary nitrogens is 3. The van der Waals surface area contributed by atoms with E-state index in [0.29, 0.717) is 0 Å². The molecule has 15 N–H and O–H groups in total. The first kappa shape index (κ1) is 29.2. The van der Waals surface area contributed by atoms with Gasteiger partial charge in [0.05, 0.1) is 27.5 Å². The molecule has 1 saturated carbocycles. The highest BCUT2D eigenvalue weighted by Crippen LogP contribution is 2.33. The van der Waals surface area contributed by atoms with Gasteiger partial charge in [-0.1, -0.05) is 0 Å². The van der Waals surface area contributed by atoms with Crippen LogP contribution >= 0.6 is 7.82 Å². The largest absolute Gasteiger partial charge is 0.790 e. The second-order valence-electron chi connectivity index (χ2n) is 9.09. The smallest absolute Gasteiger partial charge is 0.214 e. The van der Waals surface area contributed by atoms with E-state index in [9.17, 15) is 45.0 Å². The predicted octanol–water partition coefficient (Wildman–Crippen LogP) is -9.92. The summed E-state index contributed by atoms with van der Waals surface area (Å²) in [6, 6.07) is -2.15. The Bertz CT molecular complexity index is 747. The molecule has 206 valence electrons. The number of rotatable bonds is 8. The van der Waals surface area contributed by atoms with E-state index in [-0.39, 0.29) is 6.42 Å². The molecule has 2 saturated heterocycles. The topological polar surface area (TPSA) is 314 Å². The standard InChI is InChI=1S/C17H34N3O14P/c18-4-1-5(19)14(33-16-8(20)12(25)10(23)6(2-21)31-16)15(9(4)22)34-17-13(26)11(24)7(32-17)3-30-35(27,28)29/h4-17,21-26H,1-3,18-20H2,(H2,27,28,29)/p+1/t4-,5+,6-,7-,8-,9+,10-,11-,12-,13-,14-,15-,16-,17+/m1/s1. The molecule has 3 aliphatic rings. The summed E-state index contributed by atoms with van der Waals surface area (Å²) in [5.41, 5.74) is 11.6. The van der Waals surface area contributed by atoms with E-state index >= 15 is 0 Å². The van der Waals surface area contributed by atoms with Crippen molar-refractivity contribution in [2.45, 2.75) is 92.1 Å². The van der Waals surface area contributed by atoms with Crippen LogP contribution in [0.2, 0.25) is 0 Å². The van der Waals surface area contributed by atoms with Gasteiger partial charge in [-0.25, -0.2) is 0 Å². The molecule has 0 aromatic rings. The molecule has 0 amide bonds. The van der Waals surface area contributed by atoms with Gasteiger partial charge in [-0.3, -0.25) is 0 Å². The van der Waals surface area contributed by atoms with Crippen LogP contribution in [0.4, 0.5) is 0 Å². The molecule has 3 rings (SSSR count). The third kappa shape index (κ3) is 6.54. The van der Waals surface area contributed by atoms with Gasteiger partial charge in [0.25, 0.3) is 0 Å². The fourth-order valence-corrected chi connectivity index (χ4v) is 4.78. The monoisotopic (exact) mass is 536 g/mol. The van der Waals surface area contributed by atoms with Crippen LogP contribution in [0.25, 0.3) is 0 Å². The fourth-order valence-electron chi connectivity index (χ4n) is 4.45. The van der Waals surface area contributed by atoms with E-state index in [1.165, 1.54) is 0 Å².